The summed E-state index contributed by atoms with van der Waals surface area (Å²) in [6.45, 7) is 3.93. The highest BCUT2D eigenvalue weighted by molar-refractivity contribution is 6.09. The molecule has 1 fully saturated rings. The fourth-order valence-electron chi connectivity index (χ4n) is 2.85. The van der Waals surface area contributed by atoms with E-state index in [1.54, 1.807) is 30.3 Å². The lowest BCUT2D eigenvalue weighted by molar-refractivity contribution is 0.103. The number of halogens is 2. The lowest BCUT2D eigenvalue weighted by Crippen LogP contribution is -2.09. The normalized spacial score (nSPS) is 18.7. The zero-order valence-electron chi connectivity index (χ0n) is 13.7. The molecule has 1 saturated carbocycles. The second-order valence-electron chi connectivity index (χ2n) is 6.10. The largest absolute Gasteiger partial charge is 0.490 e. The van der Waals surface area contributed by atoms with E-state index < -0.39 is 17.9 Å². The molecule has 2 heterocycles. The monoisotopic (exact) mass is 355 g/mol. The first-order valence-corrected chi connectivity index (χ1v) is 8.14. The maximum absolute atomic E-state index is 13.6. The van der Waals surface area contributed by atoms with Crippen molar-refractivity contribution < 1.29 is 18.3 Å². The topological polar surface area (TPSA) is 56.5 Å². The van der Waals surface area contributed by atoms with Gasteiger partial charge in [-0.05, 0) is 30.7 Å². The van der Waals surface area contributed by atoms with Crippen molar-refractivity contribution >= 4 is 11.6 Å². The summed E-state index contributed by atoms with van der Waals surface area (Å²) < 4.78 is 33.9. The van der Waals surface area contributed by atoms with Crippen LogP contribution in [0.1, 0.15) is 34.1 Å². The van der Waals surface area contributed by atoms with Crippen LogP contribution in [0.3, 0.4) is 0 Å². The molecule has 3 aromatic rings. The van der Waals surface area contributed by atoms with Gasteiger partial charge in [-0.1, -0.05) is 12.7 Å². The minimum atomic E-state index is -1.04. The predicted molar refractivity (Wildman–Crippen MR) is 90.8 cm³/mol. The first-order chi connectivity index (χ1) is 12.6. The van der Waals surface area contributed by atoms with E-state index in [1.807, 2.05) is 0 Å². The maximum atomic E-state index is 13.6. The van der Waals surface area contributed by atoms with Gasteiger partial charge in [-0.2, -0.15) is 0 Å². The van der Waals surface area contributed by atoms with Gasteiger partial charge in [-0.25, -0.2) is 18.7 Å². The molecule has 0 aliphatic heterocycles. The van der Waals surface area contributed by atoms with Gasteiger partial charge < -0.3 is 4.74 Å². The number of aromatic nitrogens is 3. The molecule has 1 aromatic carbocycles. The predicted octanol–water partition coefficient (Wildman–Crippen LogP) is 3.49. The average Bonchev–Trinajstić information content (AvgIpc) is 3.25. The zero-order valence-corrected chi connectivity index (χ0v) is 13.7. The number of nitrogens with zero attached hydrogens (tertiary/aromatic N) is 3. The van der Waals surface area contributed by atoms with Gasteiger partial charge in [0.25, 0.3) is 0 Å². The van der Waals surface area contributed by atoms with Crippen LogP contribution in [0.5, 0.6) is 5.75 Å². The summed E-state index contributed by atoms with van der Waals surface area (Å²) in [7, 11) is 0. The van der Waals surface area contributed by atoms with E-state index in [4.69, 9.17) is 4.74 Å². The van der Waals surface area contributed by atoms with Gasteiger partial charge in [-0.15, -0.1) is 0 Å². The van der Waals surface area contributed by atoms with Crippen molar-refractivity contribution in [1.29, 1.82) is 0 Å². The Morgan fingerprint density at radius 3 is 2.77 bits per heavy atom. The summed E-state index contributed by atoms with van der Waals surface area (Å²) >= 11 is 0. The van der Waals surface area contributed by atoms with Crippen LogP contribution in [0.4, 0.5) is 8.78 Å². The molecule has 0 saturated heterocycles. The number of alkyl halides is 1. The van der Waals surface area contributed by atoms with E-state index in [1.165, 1.54) is 4.40 Å². The van der Waals surface area contributed by atoms with Gasteiger partial charge in [0.2, 0.25) is 11.6 Å². The highest BCUT2D eigenvalue weighted by atomic mass is 19.1. The molecule has 0 radical (unpaired) electrons. The smallest absolute Gasteiger partial charge is 0.234 e. The molecule has 0 bridgehead atoms. The van der Waals surface area contributed by atoms with E-state index in [2.05, 4.69) is 16.5 Å². The number of hydrogen-bond donors (Lipinski definition) is 0. The van der Waals surface area contributed by atoms with Gasteiger partial charge in [0.1, 0.15) is 24.2 Å². The molecule has 0 unspecified atom stereocenters. The molecule has 4 rings (SSSR count). The minimum absolute atomic E-state index is 0.150. The SMILES string of the molecule is C=CCOc1ccc(C(=O)c2c([C@@H]3C[C@H]3F)nc3ncc(F)cn23)cc1. The molecule has 26 heavy (non-hydrogen) atoms. The van der Waals surface area contributed by atoms with Crippen molar-refractivity contribution in [3.63, 3.8) is 0 Å². The van der Waals surface area contributed by atoms with Gasteiger partial charge >= 0.3 is 0 Å². The van der Waals surface area contributed by atoms with Crippen LogP contribution in [-0.4, -0.2) is 32.9 Å². The fraction of sp³-hybridized carbons (Fsp3) is 0.211. The molecular formula is C19H15F2N3O2. The number of imidazole rings is 1. The van der Waals surface area contributed by atoms with E-state index in [-0.39, 0.29) is 17.3 Å². The summed E-state index contributed by atoms with van der Waals surface area (Å²) in [6.07, 6.45) is 3.05. The lowest BCUT2D eigenvalue weighted by Gasteiger charge is -2.06. The van der Waals surface area contributed by atoms with E-state index in [0.29, 0.717) is 30.0 Å². The number of ketones is 1. The van der Waals surface area contributed by atoms with E-state index in [9.17, 15) is 13.6 Å². The number of benzene rings is 1. The van der Waals surface area contributed by atoms with Crippen molar-refractivity contribution in [2.75, 3.05) is 6.61 Å². The summed E-state index contributed by atoms with van der Waals surface area (Å²) in [5.74, 6) is -0.646. The molecule has 2 atom stereocenters. The third-order valence-electron chi connectivity index (χ3n) is 4.24. The van der Waals surface area contributed by atoms with Crippen LogP contribution < -0.4 is 4.74 Å². The van der Waals surface area contributed by atoms with Crippen LogP contribution >= 0.6 is 0 Å². The summed E-state index contributed by atoms with van der Waals surface area (Å²) in [5, 5.41) is 0. The summed E-state index contributed by atoms with van der Waals surface area (Å²) in [4.78, 5) is 21.2. The van der Waals surface area contributed by atoms with Crippen molar-refractivity contribution in [2.24, 2.45) is 0 Å². The number of hydrogen-bond acceptors (Lipinski definition) is 4. The third kappa shape index (κ3) is 2.85. The highest BCUT2D eigenvalue weighted by Crippen LogP contribution is 2.44. The molecule has 0 amide bonds. The van der Waals surface area contributed by atoms with Crippen LogP contribution in [0.2, 0.25) is 0 Å². The third-order valence-corrected chi connectivity index (χ3v) is 4.24. The molecule has 0 spiro atoms. The fourth-order valence-corrected chi connectivity index (χ4v) is 2.85. The summed E-state index contributed by atoms with van der Waals surface area (Å²) in [6, 6.07) is 6.54. The van der Waals surface area contributed by atoms with Crippen molar-refractivity contribution in [3.05, 3.63) is 72.1 Å². The molecule has 7 heteroatoms. The zero-order chi connectivity index (χ0) is 18.3. The van der Waals surface area contributed by atoms with Gasteiger partial charge in [0.05, 0.1) is 18.1 Å². The Labute approximate surface area is 148 Å². The first-order valence-electron chi connectivity index (χ1n) is 8.14. The molecule has 1 aliphatic carbocycles. The van der Waals surface area contributed by atoms with Gasteiger partial charge in [-0.3, -0.25) is 9.20 Å². The Morgan fingerprint density at radius 1 is 1.38 bits per heavy atom. The average molecular weight is 355 g/mol. The van der Waals surface area contributed by atoms with Crippen molar-refractivity contribution in [1.82, 2.24) is 14.4 Å². The maximum Gasteiger partial charge on any atom is 0.234 e. The van der Waals surface area contributed by atoms with Crippen LogP contribution in [0, 0.1) is 5.82 Å². The second kappa shape index (κ2) is 6.33. The van der Waals surface area contributed by atoms with Crippen LogP contribution in [0.25, 0.3) is 5.78 Å². The Hall–Kier alpha value is -3.09. The number of fused-ring (bicyclic) bond motifs is 1. The van der Waals surface area contributed by atoms with Crippen molar-refractivity contribution in [3.8, 4) is 5.75 Å². The Kier molecular flexibility index (Phi) is 3.99. The van der Waals surface area contributed by atoms with Gasteiger partial charge in [0.15, 0.2) is 5.82 Å². The Morgan fingerprint density at radius 2 is 2.12 bits per heavy atom. The second-order valence-corrected chi connectivity index (χ2v) is 6.10. The Balaban J connectivity index is 1.76. The number of carbonyl (C=O) groups is 1. The first kappa shape index (κ1) is 16.4. The molecule has 132 valence electrons. The molecule has 1 aliphatic rings. The molecular weight excluding hydrogens is 340 g/mol. The highest BCUT2D eigenvalue weighted by Gasteiger charge is 2.44. The molecule has 2 aromatic heterocycles. The Bertz CT molecular complexity index is 998. The molecule has 5 nitrogen and oxygen atoms in total. The van der Waals surface area contributed by atoms with E-state index in [0.717, 1.165) is 12.4 Å². The minimum Gasteiger partial charge on any atom is -0.490 e. The van der Waals surface area contributed by atoms with Crippen molar-refractivity contribution in [2.45, 2.75) is 18.5 Å². The number of rotatable bonds is 6. The molecule has 0 N–H and O–H groups in total. The quantitative estimate of drug-likeness (QED) is 0.502. The number of ether oxygens (including phenoxy) is 1. The standard InChI is InChI=1S/C19H15F2N3O2/c1-2-7-26-13-5-3-11(4-6-13)18(25)17-16(14-8-15(14)21)23-19-22-9-12(20)10-24(17)19/h2-6,9-10,14-15H,1,7-8H2/t14-,15-/m1/s1. The van der Waals surface area contributed by atoms with Gasteiger partial charge in [0, 0.05) is 11.5 Å². The van der Waals surface area contributed by atoms with E-state index >= 15 is 0 Å². The number of carbonyl (C=O) groups excluding carboxylic acids is 1. The lowest BCUT2D eigenvalue weighted by atomic mass is 10.0. The van der Waals surface area contributed by atoms with Crippen LogP contribution in [-0.2, 0) is 0 Å². The van der Waals surface area contributed by atoms with Crippen LogP contribution in [0.15, 0.2) is 49.3 Å². The summed E-state index contributed by atoms with van der Waals surface area (Å²) in [5.41, 5.74) is 0.851.